The van der Waals surface area contributed by atoms with Crippen molar-refractivity contribution in [3.63, 3.8) is 0 Å². The van der Waals surface area contributed by atoms with Crippen LogP contribution in [-0.2, 0) is 0 Å². The summed E-state index contributed by atoms with van der Waals surface area (Å²) in [5.74, 6) is 0.439. The van der Waals surface area contributed by atoms with Gasteiger partial charge in [0.1, 0.15) is 5.82 Å². The molecule has 0 aliphatic carbocycles. The number of hydrogen-bond donors (Lipinski definition) is 0. The summed E-state index contributed by atoms with van der Waals surface area (Å²) in [7, 11) is 0. The normalized spacial score (nSPS) is 13.4. The van der Waals surface area contributed by atoms with Crippen LogP contribution in [0.15, 0.2) is 83.5 Å². The van der Waals surface area contributed by atoms with E-state index in [-0.39, 0.29) is 5.56 Å². The quantitative estimate of drug-likeness (QED) is 0.289. The van der Waals surface area contributed by atoms with Crippen molar-refractivity contribution < 1.29 is 4.11 Å². The van der Waals surface area contributed by atoms with E-state index in [0.29, 0.717) is 11.4 Å². The zero-order valence-corrected chi connectivity index (χ0v) is 16.9. The van der Waals surface area contributed by atoms with Crippen LogP contribution in [0.3, 0.4) is 0 Å². The third kappa shape index (κ3) is 2.58. The van der Waals surface area contributed by atoms with E-state index in [9.17, 15) is 0 Å². The molecule has 3 heteroatoms. The van der Waals surface area contributed by atoms with Gasteiger partial charge in [0.05, 0.1) is 11.0 Å². The first-order valence-electron chi connectivity index (χ1n) is 10.6. The van der Waals surface area contributed by atoms with Crippen molar-refractivity contribution in [2.45, 2.75) is 13.8 Å². The number of fused-ring (bicyclic) bond motifs is 3. The van der Waals surface area contributed by atoms with E-state index in [2.05, 4.69) is 28.1 Å². The van der Waals surface area contributed by atoms with Crippen LogP contribution in [0.4, 0.5) is 0 Å². The van der Waals surface area contributed by atoms with Crippen LogP contribution >= 0.6 is 15.9 Å². The Labute approximate surface area is 176 Å². The minimum Gasteiger partial charge on any atom is -0.294 e. The van der Waals surface area contributed by atoms with Gasteiger partial charge in [0.2, 0.25) is 0 Å². The first-order valence-corrected chi connectivity index (χ1v) is 9.90. The van der Waals surface area contributed by atoms with Crippen LogP contribution in [-0.4, -0.2) is 9.55 Å². The van der Waals surface area contributed by atoms with Gasteiger partial charge in [-0.15, -0.1) is 0 Å². The number of aromatic nitrogens is 2. The summed E-state index contributed by atoms with van der Waals surface area (Å²) >= 11 is 3.57. The molecule has 2 heterocycles. The lowest BCUT2D eigenvalue weighted by atomic mass is 9.97. The fourth-order valence-corrected chi connectivity index (χ4v) is 4.26. The molecule has 0 saturated carbocycles. The highest BCUT2D eigenvalue weighted by Crippen LogP contribution is 2.36. The Bertz CT molecular complexity index is 1440. The van der Waals surface area contributed by atoms with E-state index in [1.807, 2.05) is 72.2 Å². The molecule has 136 valence electrons. The molecule has 2 aromatic heterocycles. The van der Waals surface area contributed by atoms with Crippen molar-refractivity contribution in [3.8, 4) is 16.9 Å². The second-order valence-corrected chi connectivity index (χ2v) is 7.81. The zero-order valence-electron chi connectivity index (χ0n) is 18.3. The predicted octanol–water partition coefficient (Wildman–Crippen LogP) is 7.23. The predicted molar refractivity (Wildman–Crippen MR) is 121 cm³/mol. The number of hydrogen-bond acceptors (Lipinski definition) is 1. The highest BCUT2D eigenvalue weighted by molar-refractivity contribution is 9.10. The van der Waals surface area contributed by atoms with E-state index in [1.54, 1.807) is 6.20 Å². The number of aryl methyl sites for hydroxylation is 1. The average molecular weight is 430 g/mol. The fraction of sp³-hybridized carbons (Fsp3) is 0.0800. The number of benzene rings is 3. The summed E-state index contributed by atoms with van der Waals surface area (Å²) in [5.41, 5.74) is 4.53. The number of nitrogens with zero attached hydrogens (tertiary/aromatic N) is 2. The maximum Gasteiger partial charge on any atom is 0.141 e. The highest BCUT2D eigenvalue weighted by atomic mass is 79.9. The van der Waals surface area contributed by atoms with Crippen LogP contribution < -0.4 is 0 Å². The maximum absolute atomic E-state index is 8.43. The third-order valence-electron chi connectivity index (χ3n) is 5.16. The molecule has 5 rings (SSSR count). The lowest BCUT2D eigenvalue weighted by Gasteiger charge is -2.16. The molecular formula is C25H19BrN2. The van der Waals surface area contributed by atoms with Gasteiger partial charge >= 0.3 is 0 Å². The summed E-state index contributed by atoms with van der Waals surface area (Å²) in [5, 5.41) is 2.11. The molecule has 2 nitrogen and oxygen atoms in total. The van der Waals surface area contributed by atoms with Gasteiger partial charge in [0, 0.05) is 31.1 Å². The smallest absolute Gasteiger partial charge is 0.141 e. The highest BCUT2D eigenvalue weighted by Gasteiger charge is 2.17. The molecule has 0 spiro atoms. The Morgan fingerprint density at radius 3 is 2.46 bits per heavy atom. The summed E-state index contributed by atoms with van der Waals surface area (Å²) in [4.78, 5) is 4.69. The molecule has 0 amide bonds. The maximum atomic E-state index is 8.43. The van der Waals surface area contributed by atoms with Gasteiger partial charge in [-0.05, 0) is 48.7 Å². The number of rotatable bonds is 2. The lowest BCUT2D eigenvalue weighted by molar-refractivity contribution is 1.04. The van der Waals surface area contributed by atoms with Crippen molar-refractivity contribution in [2.24, 2.45) is 0 Å². The summed E-state index contributed by atoms with van der Waals surface area (Å²) in [6, 6.07) is 23.8. The first-order chi connectivity index (χ1) is 14.9. The number of para-hydroxylation sites is 1. The van der Waals surface area contributed by atoms with Gasteiger partial charge in [0.25, 0.3) is 0 Å². The van der Waals surface area contributed by atoms with Gasteiger partial charge in [-0.3, -0.25) is 4.57 Å². The molecule has 3 aromatic carbocycles. The summed E-state index contributed by atoms with van der Waals surface area (Å²) in [6.45, 7) is -0.431. The summed E-state index contributed by atoms with van der Waals surface area (Å²) < 4.78 is 28.2. The molecule has 0 bridgehead atoms. The molecular weight excluding hydrogens is 408 g/mol. The lowest BCUT2D eigenvalue weighted by Crippen LogP contribution is -2.03. The second-order valence-electron chi connectivity index (χ2n) is 6.89. The fourth-order valence-electron chi connectivity index (χ4n) is 3.91. The molecule has 0 unspecified atom stereocenters. The minimum absolute atomic E-state index is 0.265. The Balaban J connectivity index is 1.97. The zero-order chi connectivity index (χ0) is 21.8. The topological polar surface area (TPSA) is 17.8 Å². The third-order valence-corrected chi connectivity index (χ3v) is 5.65. The monoisotopic (exact) mass is 429 g/mol. The second kappa shape index (κ2) is 6.61. The molecule has 0 radical (unpaired) electrons. The molecule has 0 aliphatic rings. The molecule has 0 atom stereocenters. The molecule has 0 saturated heterocycles. The van der Waals surface area contributed by atoms with Gasteiger partial charge in [0.15, 0.2) is 0 Å². The van der Waals surface area contributed by atoms with Crippen LogP contribution in [0.1, 0.15) is 15.2 Å². The Hall–Kier alpha value is -2.91. The molecule has 0 N–H and O–H groups in total. The Morgan fingerprint density at radius 1 is 0.893 bits per heavy atom. The summed E-state index contributed by atoms with van der Waals surface area (Å²) in [6.07, 6.45) is 1.77. The van der Waals surface area contributed by atoms with Gasteiger partial charge in [-0.25, -0.2) is 4.98 Å². The average Bonchev–Trinajstić information content (AvgIpc) is 3.07. The Morgan fingerprint density at radius 2 is 1.64 bits per heavy atom. The Kier molecular flexibility index (Phi) is 3.34. The number of halogens is 1. The van der Waals surface area contributed by atoms with Crippen molar-refractivity contribution in [1.29, 1.82) is 0 Å². The minimum atomic E-state index is -2.34. The van der Waals surface area contributed by atoms with Crippen LogP contribution in [0.2, 0.25) is 0 Å². The molecule has 0 fully saturated rings. The van der Waals surface area contributed by atoms with Crippen molar-refractivity contribution in [3.05, 3.63) is 94.6 Å². The van der Waals surface area contributed by atoms with Gasteiger partial charge < -0.3 is 0 Å². The van der Waals surface area contributed by atoms with Crippen LogP contribution in [0.25, 0.3) is 38.8 Å². The van der Waals surface area contributed by atoms with Crippen LogP contribution in [0.5, 0.6) is 0 Å². The number of pyridine rings is 1. The van der Waals surface area contributed by atoms with E-state index >= 15 is 0 Å². The van der Waals surface area contributed by atoms with Crippen molar-refractivity contribution in [2.75, 3.05) is 0 Å². The van der Waals surface area contributed by atoms with E-state index in [1.165, 1.54) is 0 Å². The van der Waals surface area contributed by atoms with Crippen molar-refractivity contribution >= 4 is 37.7 Å². The van der Waals surface area contributed by atoms with E-state index < -0.39 is 6.85 Å². The molecule has 5 aromatic rings. The van der Waals surface area contributed by atoms with Crippen molar-refractivity contribution in [1.82, 2.24) is 9.55 Å². The van der Waals surface area contributed by atoms with E-state index in [0.717, 1.165) is 37.4 Å². The first kappa shape index (κ1) is 14.1. The standard InChI is InChI=1S/C25H19BrN2/c1-16-15-27-25(17(2)24(16)18-8-4-3-5-9-18)28-22-11-7-6-10-20(22)21-13-12-19(26)14-23(21)28/h3-15H,1-2H3/i2D3. The molecule has 0 aliphatic heterocycles. The van der Waals surface area contributed by atoms with E-state index in [4.69, 9.17) is 9.10 Å². The molecule has 28 heavy (non-hydrogen) atoms. The van der Waals surface area contributed by atoms with Gasteiger partial charge in [-0.1, -0.05) is 70.5 Å². The van der Waals surface area contributed by atoms with Gasteiger partial charge in [-0.2, -0.15) is 0 Å². The SMILES string of the molecule is [2H]C([2H])([2H])c1c(-n2c3ccccc3c3ccc(Br)cc32)ncc(C)c1-c1ccccc1. The largest absolute Gasteiger partial charge is 0.294 e. The van der Waals surface area contributed by atoms with Crippen LogP contribution in [0, 0.1) is 13.8 Å².